The second-order valence-electron chi connectivity index (χ2n) is 5.72. The van der Waals surface area contributed by atoms with Crippen LogP contribution in [0.3, 0.4) is 0 Å². The maximum absolute atomic E-state index is 5.23. The fraction of sp³-hybridized carbons (Fsp3) is 0.130. The first-order chi connectivity index (χ1) is 12.8. The first-order valence-corrected chi connectivity index (χ1v) is 15.3. The van der Waals surface area contributed by atoms with E-state index >= 15 is 0 Å². The van der Waals surface area contributed by atoms with Gasteiger partial charge in [-0.05, 0) is 6.42 Å². The van der Waals surface area contributed by atoms with Crippen LogP contribution in [0.15, 0.2) is 78.9 Å². The average molecular weight is 507 g/mol. The maximum Gasteiger partial charge on any atom is -0.0809 e. The van der Waals surface area contributed by atoms with E-state index in [1.807, 2.05) is 0 Å². The van der Waals surface area contributed by atoms with Crippen LogP contribution in [0.5, 0.6) is 0 Å². The molecule has 0 spiro atoms. The van der Waals surface area contributed by atoms with Gasteiger partial charge in [-0.2, -0.15) is 23.6 Å². The van der Waals surface area contributed by atoms with Gasteiger partial charge in [0.2, 0.25) is 0 Å². The first-order valence-electron chi connectivity index (χ1n) is 8.39. The predicted octanol–water partition coefficient (Wildman–Crippen LogP) is 7.76. The number of fused-ring (bicyclic) bond motifs is 2. The fourth-order valence-corrected chi connectivity index (χ4v) is 2.88. The number of benzene rings is 2. The molecular weight excluding hydrogens is 487 g/mol. The Morgan fingerprint density at radius 1 is 0.962 bits per heavy atom. The van der Waals surface area contributed by atoms with E-state index in [1.54, 1.807) is 0 Å². The molecule has 0 unspecified atom stereocenters. The van der Waals surface area contributed by atoms with Crippen LogP contribution < -0.4 is 0 Å². The second-order valence-corrected chi connectivity index (χ2v) is 12.8. The molecule has 0 aromatic heterocycles. The van der Waals surface area contributed by atoms with Gasteiger partial charge in [0.1, 0.15) is 0 Å². The molecule has 0 saturated heterocycles. The van der Waals surface area contributed by atoms with Gasteiger partial charge in [0.15, 0.2) is 0 Å². The van der Waals surface area contributed by atoms with E-state index < -0.39 is 0 Å². The van der Waals surface area contributed by atoms with Gasteiger partial charge in [-0.25, -0.2) is 0 Å². The van der Waals surface area contributed by atoms with Gasteiger partial charge in [-0.3, -0.25) is 0 Å². The molecule has 0 aliphatic heterocycles. The van der Waals surface area contributed by atoms with Crippen LogP contribution in [0.2, 0.25) is 0 Å². The van der Waals surface area contributed by atoms with E-state index in [9.17, 15) is 0 Å². The molecule has 0 saturated carbocycles. The number of rotatable bonds is 3. The zero-order valence-corrected chi connectivity index (χ0v) is 19.0. The van der Waals surface area contributed by atoms with Gasteiger partial charge in [0, 0.05) is 6.42 Å². The van der Waals surface area contributed by atoms with Crippen molar-refractivity contribution in [2.75, 3.05) is 0 Å². The largest absolute Gasteiger partial charge is 0.168 e. The van der Waals surface area contributed by atoms with Crippen molar-refractivity contribution >= 4 is 49.2 Å². The van der Waals surface area contributed by atoms with E-state index in [1.165, 1.54) is 27.1 Å². The minimum atomic E-state index is 0.312. The number of aryl methyl sites for hydroxylation is 1. The molecule has 0 amide bonds. The van der Waals surface area contributed by atoms with Crippen LogP contribution in [0.4, 0.5) is 0 Å². The fourth-order valence-electron chi connectivity index (χ4n) is 2.88. The quantitative estimate of drug-likeness (QED) is 0.151. The van der Waals surface area contributed by atoms with Gasteiger partial charge in [-0.1, -0.05) is 18.6 Å². The zero-order valence-electron chi connectivity index (χ0n) is 14.4. The van der Waals surface area contributed by atoms with Crippen molar-refractivity contribution in [2.24, 2.45) is 0 Å². The van der Waals surface area contributed by atoms with Crippen molar-refractivity contribution in [2.45, 2.75) is 19.3 Å². The van der Waals surface area contributed by atoms with Gasteiger partial charge in [-0.15, -0.1) is 82.6 Å². The molecule has 4 aromatic carbocycles. The monoisotopic (exact) mass is 505 g/mol. The average Bonchev–Trinajstić information content (AvgIpc) is 3.30. The minimum Gasteiger partial charge on any atom is -0.168 e. The summed E-state index contributed by atoms with van der Waals surface area (Å²) in [4.78, 5) is 0. The zero-order chi connectivity index (χ0) is 18.6. The number of terminal acetylenes is 1. The standard InChI is InChI=1S/C14H13.C9H7.2BrH.V/c1-2-3-4-7-12-10-11-13-8-5-6-9-14(12)13;1-2-5-9-7-3-6-8(9)4-1;;;/h1,5-6,8-11H,3-4,7H2;1-7H;2*1H;/q2*-1;;;+2/p-2. The molecule has 0 bridgehead atoms. The third kappa shape index (κ3) is 6.49. The van der Waals surface area contributed by atoms with Gasteiger partial charge in [0.25, 0.3) is 0 Å². The third-order valence-corrected chi connectivity index (χ3v) is 4.09. The smallest absolute Gasteiger partial charge is 0.0809 e. The molecule has 0 N–H and O–H groups in total. The molecule has 133 valence electrons. The molecule has 4 rings (SSSR count). The normalized spacial score (nSPS) is 9.58. The molecule has 4 aromatic rings. The van der Waals surface area contributed by atoms with Crippen molar-refractivity contribution in [1.82, 2.24) is 0 Å². The van der Waals surface area contributed by atoms with Crippen LogP contribution in [-0.2, 0) is 18.9 Å². The molecule has 0 fully saturated rings. The van der Waals surface area contributed by atoms with Gasteiger partial charge >= 0.3 is 40.1 Å². The number of unbranched alkanes of at least 4 members (excludes halogenated alkanes) is 1. The molecule has 0 aliphatic carbocycles. The van der Waals surface area contributed by atoms with Crippen molar-refractivity contribution in [1.29, 1.82) is 0 Å². The summed E-state index contributed by atoms with van der Waals surface area (Å²) in [5, 5.41) is 5.38. The van der Waals surface area contributed by atoms with E-state index in [4.69, 9.17) is 6.42 Å². The molecule has 0 heterocycles. The second kappa shape index (κ2) is 12.2. The molecule has 0 atom stereocenters. The van der Waals surface area contributed by atoms with Gasteiger partial charge < -0.3 is 0 Å². The molecule has 0 radical (unpaired) electrons. The van der Waals surface area contributed by atoms with Crippen molar-refractivity contribution in [3.63, 3.8) is 0 Å². The molecule has 26 heavy (non-hydrogen) atoms. The van der Waals surface area contributed by atoms with Crippen LogP contribution in [-0.4, -0.2) is 0 Å². The van der Waals surface area contributed by atoms with Crippen LogP contribution >= 0.6 is 27.6 Å². The van der Waals surface area contributed by atoms with E-state index in [0.29, 0.717) is 12.5 Å². The Labute approximate surface area is 176 Å². The topological polar surface area (TPSA) is 0 Å². The summed E-state index contributed by atoms with van der Waals surface area (Å²) in [6.45, 7) is 0. The Kier molecular flexibility index (Phi) is 9.89. The van der Waals surface area contributed by atoms with Crippen molar-refractivity contribution < 1.29 is 12.5 Å². The number of hydrogen-bond donors (Lipinski definition) is 0. The summed E-state index contributed by atoms with van der Waals surface area (Å²) in [5.74, 6) is 2.68. The van der Waals surface area contributed by atoms with E-state index in [2.05, 4.69) is 112 Å². The Hall–Kier alpha value is -1.24. The summed E-state index contributed by atoms with van der Waals surface area (Å²) >= 11 is 6.62. The Morgan fingerprint density at radius 2 is 1.65 bits per heavy atom. The molecule has 0 nitrogen and oxygen atoms in total. The molecular formula is C23H20Br2V-2. The van der Waals surface area contributed by atoms with E-state index in [-0.39, 0.29) is 0 Å². The number of hydrogen-bond acceptors (Lipinski definition) is 0. The van der Waals surface area contributed by atoms with Gasteiger partial charge in [0.05, 0.1) is 0 Å². The summed E-state index contributed by atoms with van der Waals surface area (Å²) < 4.78 is 0. The van der Waals surface area contributed by atoms with Crippen LogP contribution in [0, 0.1) is 12.3 Å². The summed E-state index contributed by atoms with van der Waals surface area (Å²) in [6.07, 6.45) is 8.29. The first kappa shape index (κ1) is 21.1. The molecule has 3 heteroatoms. The maximum atomic E-state index is 5.23. The molecule has 0 aliphatic rings. The Morgan fingerprint density at radius 3 is 2.38 bits per heavy atom. The predicted molar refractivity (Wildman–Crippen MR) is 119 cm³/mol. The van der Waals surface area contributed by atoms with E-state index in [0.717, 1.165) is 19.3 Å². The number of halogens is 2. The summed E-state index contributed by atoms with van der Waals surface area (Å²) in [7, 11) is 0. The minimum absolute atomic E-state index is 0.312. The van der Waals surface area contributed by atoms with Crippen molar-refractivity contribution in [3.05, 3.63) is 84.4 Å². The van der Waals surface area contributed by atoms with Crippen LogP contribution in [0.1, 0.15) is 18.4 Å². The Balaban J connectivity index is 0.000000173. The van der Waals surface area contributed by atoms with Crippen molar-refractivity contribution in [3.8, 4) is 12.3 Å². The van der Waals surface area contributed by atoms with Crippen LogP contribution in [0.25, 0.3) is 21.5 Å². The Bertz CT molecular complexity index is 913. The third-order valence-electron chi connectivity index (χ3n) is 4.09. The SMILES string of the molecule is C#CCCC[c-]1ccc2ccccc21.[Br][V][Br].c1ccc2[cH-]ccc2c1. The summed E-state index contributed by atoms with van der Waals surface area (Å²) in [5.41, 5.74) is 1.43. The summed E-state index contributed by atoms with van der Waals surface area (Å²) in [6, 6.07) is 27.6.